The van der Waals surface area contributed by atoms with Gasteiger partial charge in [0.05, 0.1) is 7.11 Å². The summed E-state index contributed by atoms with van der Waals surface area (Å²) in [5.41, 5.74) is 8.50. The molecular formula is C35H50N2O6. The summed E-state index contributed by atoms with van der Waals surface area (Å²) in [6.45, 7) is 7.57. The standard InChI is InChI=1S/C35H50N2O6/c1-21(2)30-12-9-24-7-6-8-27(16-28(30)15-24)33(43-23(4)39)19-29(42-22(3)38)11-10-25-17-34(41-5)32(40)20-31(25)26-13-14-37-35(36)18-26/h13-14,17-18,20-21,24,27-30,33,40H,6-12,15-16,19H2,1-5H3,(H2,36,37). The van der Waals surface area contributed by atoms with Crippen LogP contribution in [-0.4, -0.2) is 41.3 Å². The average molecular weight is 595 g/mol. The molecule has 1 heterocycles. The van der Waals surface area contributed by atoms with Crippen LogP contribution in [-0.2, 0) is 25.5 Å². The fraction of sp³-hybridized carbons (Fsp3) is 0.629. The number of aromatic nitrogens is 1. The lowest BCUT2D eigenvalue weighted by Gasteiger charge is -2.43. The third-order valence-corrected chi connectivity index (χ3v) is 9.70. The molecule has 2 aliphatic carbocycles. The first-order valence-corrected chi connectivity index (χ1v) is 16.0. The van der Waals surface area contributed by atoms with Gasteiger partial charge in [0.25, 0.3) is 0 Å². The van der Waals surface area contributed by atoms with E-state index in [1.807, 2.05) is 12.1 Å². The van der Waals surface area contributed by atoms with Crippen LogP contribution in [0.3, 0.4) is 0 Å². The maximum absolute atomic E-state index is 12.4. The van der Waals surface area contributed by atoms with E-state index >= 15 is 0 Å². The van der Waals surface area contributed by atoms with Crippen molar-refractivity contribution in [3.8, 4) is 22.6 Å². The lowest BCUT2D eigenvalue weighted by Crippen LogP contribution is -2.38. The molecule has 3 N–H and O–H groups in total. The number of esters is 2. The highest BCUT2D eigenvalue weighted by atomic mass is 16.6. The Balaban J connectivity index is 1.58. The minimum atomic E-state index is -0.442. The zero-order valence-corrected chi connectivity index (χ0v) is 26.5. The van der Waals surface area contributed by atoms with Gasteiger partial charge in [0.1, 0.15) is 18.0 Å². The van der Waals surface area contributed by atoms with E-state index in [0.29, 0.717) is 48.6 Å². The van der Waals surface area contributed by atoms with Gasteiger partial charge < -0.3 is 25.1 Å². The summed E-state index contributed by atoms with van der Waals surface area (Å²) in [5, 5.41) is 10.6. The molecule has 6 unspecified atom stereocenters. The maximum atomic E-state index is 12.4. The summed E-state index contributed by atoms with van der Waals surface area (Å²) < 4.78 is 17.3. The van der Waals surface area contributed by atoms with Gasteiger partial charge >= 0.3 is 11.9 Å². The lowest BCUT2D eigenvalue weighted by molar-refractivity contribution is -0.156. The molecule has 0 spiro atoms. The Morgan fingerprint density at radius 1 is 1.05 bits per heavy atom. The van der Waals surface area contributed by atoms with Crippen molar-refractivity contribution < 1.29 is 28.9 Å². The predicted molar refractivity (Wildman–Crippen MR) is 167 cm³/mol. The number of pyridine rings is 1. The van der Waals surface area contributed by atoms with Crippen molar-refractivity contribution in [1.82, 2.24) is 4.98 Å². The molecule has 2 saturated carbocycles. The molecule has 8 nitrogen and oxygen atoms in total. The number of nitrogens with zero attached hydrogens (tertiary/aromatic N) is 1. The molecule has 0 aliphatic heterocycles. The van der Waals surface area contributed by atoms with Crippen molar-refractivity contribution in [2.45, 2.75) is 104 Å². The van der Waals surface area contributed by atoms with Gasteiger partial charge in [-0.2, -0.15) is 0 Å². The topological polar surface area (TPSA) is 121 Å². The Morgan fingerprint density at radius 2 is 1.81 bits per heavy atom. The first-order valence-electron chi connectivity index (χ1n) is 16.0. The van der Waals surface area contributed by atoms with Crippen LogP contribution in [0.15, 0.2) is 30.5 Å². The summed E-state index contributed by atoms with van der Waals surface area (Å²) in [5.74, 6) is 3.13. The van der Waals surface area contributed by atoms with E-state index in [1.165, 1.54) is 46.6 Å². The molecule has 2 aliphatic rings. The van der Waals surface area contributed by atoms with Gasteiger partial charge in [-0.1, -0.05) is 33.1 Å². The van der Waals surface area contributed by atoms with Gasteiger partial charge in [-0.15, -0.1) is 0 Å². The van der Waals surface area contributed by atoms with E-state index in [0.717, 1.165) is 41.9 Å². The second-order valence-electron chi connectivity index (χ2n) is 13.1. The highest BCUT2D eigenvalue weighted by Gasteiger charge is 2.38. The number of hydrogen-bond donors (Lipinski definition) is 2. The number of phenolic OH excluding ortho intramolecular Hbond substituents is 1. The Labute approximate surface area is 256 Å². The van der Waals surface area contributed by atoms with Gasteiger partial charge in [0.2, 0.25) is 0 Å². The van der Waals surface area contributed by atoms with Gasteiger partial charge in [-0.05, 0) is 109 Å². The molecule has 2 bridgehead atoms. The summed E-state index contributed by atoms with van der Waals surface area (Å²) in [7, 11) is 1.52. The number of phenols is 1. The smallest absolute Gasteiger partial charge is 0.302 e. The molecular weight excluding hydrogens is 544 g/mol. The second-order valence-corrected chi connectivity index (χ2v) is 13.1. The monoisotopic (exact) mass is 594 g/mol. The lowest BCUT2D eigenvalue weighted by atomic mass is 9.63. The van der Waals surface area contributed by atoms with Crippen molar-refractivity contribution >= 4 is 17.8 Å². The van der Waals surface area contributed by atoms with Crippen LogP contribution in [0, 0.1) is 29.6 Å². The number of anilines is 1. The molecule has 6 atom stereocenters. The zero-order chi connectivity index (χ0) is 31.1. The summed E-state index contributed by atoms with van der Waals surface area (Å²) in [6.07, 6.45) is 10.7. The van der Waals surface area contributed by atoms with Crippen molar-refractivity contribution in [3.05, 3.63) is 36.0 Å². The highest BCUT2D eigenvalue weighted by molar-refractivity contribution is 5.72. The number of nitrogens with two attached hydrogens (primary N) is 1. The molecule has 236 valence electrons. The van der Waals surface area contributed by atoms with E-state index in [9.17, 15) is 14.7 Å². The number of benzene rings is 1. The largest absolute Gasteiger partial charge is 0.504 e. The number of carbonyl (C=O) groups is 2. The van der Waals surface area contributed by atoms with E-state index < -0.39 is 6.10 Å². The van der Waals surface area contributed by atoms with Crippen LogP contribution < -0.4 is 10.5 Å². The number of aromatic hydroxyl groups is 1. The SMILES string of the molecule is COc1cc(CCC(CC(OC(C)=O)C2CCCC3CCC(C(C)C)C(C3)C2)OC(C)=O)c(-c2ccnc(N)c2)cc1O. The predicted octanol–water partition coefficient (Wildman–Crippen LogP) is 7.11. The first-order chi connectivity index (χ1) is 20.5. The average Bonchev–Trinajstić information content (AvgIpc) is 2.93. The summed E-state index contributed by atoms with van der Waals surface area (Å²) >= 11 is 0. The summed E-state index contributed by atoms with van der Waals surface area (Å²) in [6, 6.07) is 7.09. The summed E-state index contributed by atoms with van der Waals surface area (Å²) in [4.78, 5) is 28.7. The molecule has 2 aromatic rings. The minimum Gasteiger partial charge on any atom is -0.504 e. The van der Waals surface area contributed by atoms with Crippen LogP contribution in [0.25, 0.3) is 11.1 Å². The van der Waals surface area contributed by atoms with Crippen molar-refractivity contribution in [2.75, 3.05) is 12.8 Å². The molecule has 2 fully saturated rings. The van der Waals surface area contributed by atoms with Gasteiger partial charge in [-0.3, -0.25) is 9.59 Å². The van der Waals surface area contributed by atoms with Crippen LogP contribution in [0.5, 0.6) is 11.5 Å². The Kier molecular flexibility index (Phi) is 11.3. The molecule has 1 aromatic heterocycles. The van der Waals surface area contributed by atoms with E-state index in [4.69, 9.17) is 19.9 Å². The van der Waals surface area contributed by atoms with E-state index in [1.54, 1.807) is 18.3 Å². The number of nitrogen functional groups attached to an aromatic ring is 1. The Bertz CT molecular complexity index is 1250. The fourth-order valence-corrected chi connectivity index (χ4v) is 7.76. The molecule has 8 heteroatoms. The van der Waals surface area contributed by atoms with Gasteiger partial charge in [-0.25, -0.2) is 4.98 Å². The van der Waals surface area contributed by atoms with Crippen molar-refractivity contribution in [1.29, 1.82) is 0 Å². The van der Waals surface area contributed by atoms with Crippen LogP contribution >= 0.6 is 0 Å². The van der Waals surface area contributed by atoms with Gasteiger partial charge in [0.15, 0.2) is 11.5 Å². The Hall–Kier alpha value is -3.29. The minimum absolute atomic E-state index is 0.0250. The third-order valence-electron chi connectivity index (χ3n) is 9.70. The molecule has 1 aromatic carbocycles. The normalized spacial score (nSPS) is 23.5. The fourth-order valence-electron chi connectivity index (χ4n) is 7.76. The number of hydrogen-bond acceptors (Lipinski definition) is 8. The maximum Gasteiger partial charge on any atom is 0.302 e. The second kappa shape index (κ2) is 14.9. The van der Waals surface area contributed by atoms with E-state index in [-0.39, 0.29) is 29.7 Å². The molecule has 0 radical (unpaired) electrons. The number of ether oxygens (including phenoxy) is 3. The van der Waals surface area contributed by atoms with Crippen LogP contribution in [0.2, 0.25) is 0 Å². The van der Waals surface area contributed by atoms with Crippen LogP contribution in [0.1, 0.15) is 91.0 Å². The number of fused-ring (bicyclic) bond motifs is 2. The highest BCUT2D eigenvalue weighted by Crippen LogP contribution is 2.46. The zero-order valence-electron chi connectivity index (χ0n) is 26.5. The van der Waals surface area contributed by atoms with Crippen LogP contribution in [0.4, 0.5) is 5.82 Å². The number of rotatable bonds is 11. The number of methoxy groups -OCH3 is 1. The number of carbonyl (C=O) groups excluding carboxylic acids is 2. The first kappa shape index (κ1) is 32.6. The molecule has 0 amide bonds. The molecule has 0 saturated heterocycles. The van der Waals surface area contributed by atoms with Crippen molar-refractivity contribution in [3.63, 3.8) is 0 Å². The quantitative estimate of drug-likeness (QED) is 0.264. The molecule has 43 heavy (non-hydrogen) atoms. The van der Waals surface area contributed by atoms with Crippen molar-refractivity contribution in [2.24, 2.45) is 29.6 Å². The molecule has 4 rings (SSSR count). The van der Waals surface area contributed by atoms with Gasteiger partial charge in [0, 0.05) is 26.5 Å². The Morgan fingerprint density at radius 3 is 2.49 bits per heavy atom. The van der Waals surface area contributed by atoms with E-state index in [2.05, 4.69) is 18.8 Å². The third kappa shape index (κ3) is 8.87. The number of aryl methyl sites for hydroxylation is 1.